The summed E-state index contributed by atoms with van der Waals surface area (Å²) in [5.41, 5.74) is 1.20. The minimum absolute atomic E-state index is 0.0878. The highest BCUT2D eigenvalue weighted by Gasteiger charge is 2.17. The lowest BCUT2D eigenvalue weighted by Gasteiger charge is -2.17. The van der Waals surface area contributed by atoms with E-state index in [9.17, 15) is 4.79 Å². The molecule has 0 fully saturated rings. The first kappa shape index (κ1) is 21.6. The molecule has 2 aromatic carbocycles. The molecule has 1 N–H and O–H groups in total. The van der Waals surface area contributed by atoms with Crippen molar-refractivity contribution in [2.24, 2.45) is 0 Å². The van der Waals surface area contributed by atoms with Crippen molar-refractivity contribution in [3.8, 4) is 17.2 Å². The van der Waals surface area contributed by atoms with Crippen LogP contribution in [0.1, 0.15) is 39.2 Å². The van der Waals surface area contributed by atoms with Gasteiger partial charge in [0.15, 0.2) is 6.10 Å². The van der Waals surface area contributed by atoms with Gasteiger partial charge in [-0.15, -0.1) is 0 Å². The molecular weight excluding hydrogens is 354 g/mol. The Balaban J connectivity index is 1.77. The summed E-state index contributed by atoms with van der Waals surface area (Å²) in [4.78, 5) is 12.4. The topological polar surface area (TPSA) is 56.8 Å². The minimum Gasteiger partial charge on any atom is -0.497 e. The van der Waals surface area contributed by atoms with Gasteiger partial charge in [-0.3, -0.25) is 4.79 Å². The smallest absolute Gasteiger partial charge is 0.261 e. The number of hydrogen-bond acceptors (Lipinski definition) is 4. The Labute approximate surface area is 168 Å². The molecule has 2 rings (SSSR count). The van der Waals surface area contributed by atoms with Gasteiger partial charge in [-0.2, -0.15) is 0 Å². The number of rotatable bonds is 11. The summed E-state index contributed by atoms with van der Waals surface area (Å²) < 4.78 is 16.7. The molecule has 0 radical (unpaired) electrons. The summed E-state index contributed by atoms with van der Waals surface area (Å²) >= 11 is 0. The Morgan fingerprint density at radius 2 is 1.71 bits per heavy atom. The lowest BCUT2D eigenvalue weighted by Crippen LogP contribution is -2.38. The van der Waals surface area contributed by atoms with Gasteiger partial charge in [0, 0.05) is 6.54 Å². The molecule has 1 atom stereocenters. The fourth-order valence-electron chi connectivity index (χ4n) is 2.81. The SMILES string of the molecule is CC[C@H](Oc1ccc(OC)cc1)C(=O)NCCCc1cccc(OC(C)C)c1. The lowest BCUT2D eigenvalue weighted by atomic mass is 10.1. The van der Waals surface area contributed by atoms with Crippen molar-refractivity contribution >= 4 is 5.91 Å². The van der Waals surface area contributed by atoms with Crippen LogP contribution in [0.15, 0.2) is 48.5 Å². The molecule has 0 aromatic heterocycles. The number of nitrogens with one attached hydrogen (secondary N) is 1. The highest BCUT2D eigenvalue weighted by atomic mass is 16.5. The van der Waals surface area contributed by atoms with Gasteiger partial charge < -0.3 is 19.5 Å². The van der Waals surface area contributed by atoms with Crippen LogP contribution in [-0.4, -0.2) is 31.8 Å². The second kappa shape index (κ2) is 11.2. The van der Waals surface area contributed by atoms with Crippen molar-refractivity contribution in [3.05, 3.63) is 54.1 Å². The maximum atomic E-state index is 12.4. The van der Waals surface area contributed by atoms with Crippen LogP contribution in [0.2, 0.25) is 0 Å². The molecule has 0 aliphatic rings. The van der Waals surface area contributed by atoms with Crippen LogP contribution >= 0.6 is 0 Å². The second-order valence-electron chi connectivity index (χ2n) is 6.90. The van der Waals surface area contributed by atoms with Crippen molar-refractivity contribution in [3.63, 3.8) is 0 Å². The average Bonchev–Trinajstić information content (AvgIpc) is 2.69. The van der Waals surface area contributed by atoms with Crippen molar-refractivity contribution in [2.75, 3.05) is 13.7 Å². The van der Waals surface area contributed by atoms with E-state index < -0.39 is 6.10 Å². The molecule has 0 bridgehead atoms. The maximum Gasteiger partial charge on any atom is 0.261 e. The summed E-state index contributed by atoms with van der Waals surface area (Å²) in [7, 11) is 1.62. The summed E-state index contributed by atoms with van der Waals surface area (Å²) in [6.45, 7) is 6.57. The zero-order chi connectivity index (χ0) is 20.4. The van der Waals surface area contributed by atoms with Crippen LogP contribution in [0.3, 0.4) is 0 Å². The predicted octanol–water partition coefficient (Wildman–Crippen LogP) is 4.39. The Hall–Kier alpha value is -2.69. The molecule has 0 unspecified atom stereocenters. The number of carbonyl (C=O) groups excluding carboxylic acids is 1. The van der Waals surface area contributed by atoms with Gasteiger partial charge in [0.05, 0.1) is 13.2 Å². The van der Waals surface area contributed by atoms with E-state index in [4.69, 9.17) is 14.2 Å². The predicted molar refractivity (Wildman–Crippen MR) is 111 cm³/mol. The number of carbonyl (C=O) groups is 1. The third-order valence-corrected chi connectivity index (χ3v) is 4.21. The Morgan fingerprint density at radius 1 is 1.00 bits per heavy atom. The monoisotopic (exact) mass is 385 g/mol. The normalized spacial score (nSPS) is 11.8. The largest absolute Gasteiger partial charge is 0.497 e. The van der Waals surface area contributed by atoms with Crippen LogP contribution in [0.25, 0.3) is 0 Å². The number of amides is 1. The highest BCUT2D eigenvalue weighted by molar-refractivity contribution is 5.81. The first-order valence-electron chi connectivity index (χ1n) is 9.85. The third kappa shape index (κ3) is 7.14. The van der Waals surface area contributed by atoms with Crippen LogP contribution in [-0.2, 0) is 11.2 Å². The number of benzene rings is 2. The molecule has 2 aromatic rings. The Bertz CT molecular complexity index is 728. The average molecular weight is 386 g/mol. The molecule has 5 heteroatoms. The van der Waals surface area contributed by atoms with Crippen LogP contribution in [0.4, 0.5) is 0 Å². The van der Waals surface area contributed by atoms with Gasteiger partial charge in [0.1, 0.15) is 17.2 Å². The Morgan fingerprint density at radius 3 is 2.36 bits per heavy atom. The van der Waals surface area contributed by atoms with Crippen molar-refractivity contribution in [1.82, 2.24) is 5.32 Å². The molecule has 0 saturated carbocycles. The van der Waals surface area contributed by atoms with Gasteiger partial charge in [0.25, 0.3) is 5.91 Å². The second-order valence-corrected chi connectivity index (χ2v) is 6.90. The van der Waals surface area contributed by atoms with Crippen molar-refractivity contribution < 1.29 is 19.0 Å². The molecular formula is C23H31NO4. The lowest BCUT2D eigenvalue weighted by molar-refractivity contribution is -0.128. The zero-order valence-electron chi connectivity index (χ0n) is 17.2. The maximum absolute atomic E-state index is 12.4. The Kier molecular flexibility index (Phi) is 8.66. The van der Waals surface area contributed by atoms with E-state index in [1.54, 1.807) is 19.2 Å². The first-order chi connectivity index (χ1) is 13.5. The molecule has 0 heterocycles. The van der Waals surface area contributed by atoms with E-state index in [2.05, 4.69) is 17.4 Å². The van der Waals surface area contributed by atoms with Gasteiger partial charge in [-0.1, -0.05) is 19.1 Å². The van der Waals surface area contributed by atoms with Crippen LogP contribution in [0.5, 0.6) is 17.2 Å². The van der Waals surface area contributed by atoms with E-state index >= 15 is 0 Å². The number of methoxy groups -OCH3 is 1. The molecule has 28 heavy (non-hydrogen) atoms. The van der Waals surface area contributed by atoms with E-state index in [0.29, 0.717) is 18.7 Å². The number of hydrogen-bond donors (Lipinski definition) is 1. The number of ether oxygens (including phenoxy) is 3. The zero-order valence-corrected chi connectivity index (χ0v) is 17.2. The van der Waals surface area contributed by atoms with Crippen LogP contribution in [0, 0.1) is 0 Å². The first-order valence-corrected chi connectivity index (χ1v) is 9.85. The van der Waals surface area contributed by atoms with E-state index in [1.165, 1.54) is 5.56 Å². The standard InChI is InChI=1S/C23H31NO4/c1-5-22(28-20-13-11-19(26-4)12-14-20)23(25)24-15-7-9-18-8-6-10-21(16-18)27-17(2)3/h6,8,10-14,16-17,22H,5,7,9,15H2,1-4H3,(H,24,25)/t22-/m0/s1. The molecule has 0 aliphatic carbocycles. The summed E-state index contributed by atoms with van der Waals surface area (Å²) in [6.07, 6.45) is 2.00. The van der Waals surface area contributed by atoms with Crippen LogP contribution < -0.4 is 19.5 Å². The summed E-state index contributed by atoms with van der Waals surface area (Å²) in [5.74, 6) is 2.21. The van der Waals surface area contributed by atoms with Gasteiger partial charge in [0.2, 0.25) is 0 Å². The molecule has 152 valence electrons. The van der Waals surface area contributed by atoms with Gasteiger partial charge >= 0.3 is 0 Å². The summed E-state index contributed by atoms with van der Waals surface area (Å²) in [5, 5.41) is 2.97. The van der Waals surface area contributed by atoms with Crippen molar-refractivity contribution in [1.29, 1.82) is 0 Å². The molecule has 1 amide bonds. The third-order valence-electron chi connectivity index (χ3n) is 4.21. The van der Waals surface area contributed by atoms with Gasteiger partial charge in [-0.25, -0.2) is 0 Å². The molecule has 0 saturated heterocycles. The highest BCUT2D eigenvalue weighted by Crippen LogP contribution is 2.19. The molecule has 0 aliphatic heterocycles. The number of aryl methyl sites for hydroxylation is 1. The van der Waals surface area contributed by atoms with E-state index in [-0.39, 0.29) is 12.0 Å². The molecule has 0 spiro atoms. The molecule has 5 nitrogen and oxygen atoms in total. The van der Waals surface area contributed by atoms with E-state index in [0.717, 1.165) is 24.3 Å². The van der Waals surface area contributed by atoms with Crippen molar-refractivity contribution in [2.45, 2.75) is 52.2 Å². The fourth-order valence-corrected chi connectivity index (χ4v) is 2.81. The minimum atomic E-state index is -0.504. The van der Waals surface area contributed by atoms with E-state index in [1.807, 2.05) is 45.0 Å². The van der Waals surface area contributed by atoms with Gasteiger partial charge in [-0.05, 0) is 75.1 Å². The summed E-state index contributed by atoms with van der Waals surface area (Å²) in [6, 6.07) is 15.4. The quantitative estimate of drug-likeness (QED) is 0.583. The fraction of sp³-hybridized carbons (Fsp3) is 0.435.